The highest BCUT2D eigenvalue weighted by Crippen LogP contribution is 2.34. The highest BCUT2D eigenvalue weighted by molar-refractivity contribution is 7.89. The van der Waals surface area contributed by atoms with E-state index in [1.54, 1.807) is 25.1 Å². The van der Waals surface area contributed by atoms with Crippen LogP contribution in [0, 0.1) is 23.7 Å². The minimum atomic E-state index is -3.81. The molecule has 0 bridgehead atoms. The normalized spacial score (nSPS) is 24.3. The Balaban J connectivity index is 1.96. The van der Waals surface area contributed by atoms with Gasteiger partial charge >= 0.3 is 0 Å². The zero-order valence-electron chi connectivity index (χ0n) is 20.6. The van der Waals surface area contributed by atoms with Gasteiger partial charge in [-0.1, -0.05) is 38.5 Å². The van der Waals surface area contributed by atoms with Crippen LogP contribution in [-0.4, -0.2) is 68.2 Å². The first-order chi connectivity index (χ1) is 15.8. The van der Waals surface area contributed by atoms with Gasteiger partial charge in [-0.2, -0.15) is 4.31 Å². The van der Waals surface area contributed by atoms with E-state index in [1.807, 2.05) is 6.92 Å². The van der Waals surface area contributed by atoms with Crippen molar-refractivity contribution in [1.29, 1.82) is 0 Å². The number of hydrogen-bond acceptors (Lipinski definition) is 5. The molecule has 0 aromatic heterocycles. The maximum Gasteiger partial charge on any atom is 0.247 e. The van der Waals surface area contributed by atoms with E-state index in [2.05, 4.69) is 30.7 Å². The average Bonchev–Trinajstić information content (AvgIpc) is 3.29. The van der Waals surface area contributed by atoms with Crippen molar-refractivity contribution < 1.29 is 18.3 Å². The van der Waals surface area contributed by atoms with E-state index >= 15 is 0 Å². The molecule has 1 fully saturated rings. The maximum atomic E-state index is 13.5. The Morgan fingerprint density at radius 3 is 2.70 bits per heavy atom. The van der Waals surface area contributed by atoms with Crippen molar-refractivity contribution in [3.63, 3.8) is 0 Å². The van der Waals surface area contributed by atoms with E-state index in [0.29, 0.717) is 24.8 Å². The number of ether oxygens (including phenoxy) is 1. The number of aliphatic hydroxyl groups is 1. The molecule has 6 nitrogen and oxygen atoms in total. The molecule has 0 unspecified atom stereocenters. The SMILES string of the molecule is CCCN(C)C[C@@H]1Oc2cc(C#CCC3CCCC3)ccc2S(=O)(=O)N([C@@H](C)CO)C[C@@H]1C. The van der Waals surface area contributed by atoms with Gasteiger partial charge in [0.05, 0.1) is 6.61 Å². The van der Waals surface area contributed by atoms with Gasteiger partial charge in [-0.25, -0.2) is 8.42 Å². The lowest BCUT2D eigenvalue weighted by atomic mass is 10.0. The van der Waals surface area contributed by atoms with E-state index in [-0.39, 0.29) is 23.5 Å². The van der Waals surface area contributed by atoms with Gasteiger partial charge in [-0.3, -0.25) is 0 Å². The summed E-state index contributed by atoms with van der Waals surface area (Å²) in [5.74, 6) is 7.53. The number of aliphatic hydroxyl groups excluding tert-OH is 1. The third kappa shape index (κ3) is 6.51. The number of fused-ring (bicyclic) bond motifs is 1. The van der Waals surface area contributed by atoms with Gasteiger partial charge in [0, 0.05) is 37.0 Å². The van der Waals surface area contributed by atoms with E-state index < -0.39 is 16.1 Å². The highest BCUT2D eigenvalue weighted by atomic mass is 32.2. The van der Waals surface area contributed by atoms with Gasteiger partial charge in [0.2, 0.25) is 10.0 Å². The Bertz CT molecular complexity index is 947. The zero-order chi connectivity index (χ0) is 24.0. The third-order valence-electron chi connectivity index (χ3n) is 6.86. The summed E-state index contributed by atoms with van der Waals surface area (Å²) in [6, 6.07) is 4.65. The molecule has 1 aliphatic heterocycles. The Morgan fingerprint density at radius 1 is 1.30 bits per heavy atom. The molecule has 2 aliphatic rings. The van der Waals surface area contributed by atoms with Gasteiger partial charge in [-0.15, -0.1) is 0 Å². The summed E-state index contributed by atoms with van der Waals surface area (Å²) in [6.45, 7) is 7.63. The molecule has 1 heterocycles. The van der Waals surface area contributed by atoms with Gasteiger partial charge in [0.15, 0.2) is 0 Å². The lowest BCUT2D eigenvalue weighted by molar-refractivity contribution is 0.0752. The second-order valence-corrected chi connectivity index (χ2v) is 11.7. The molecule has 3 rings (SSSR count). The summed E-state index contributed by atoms with van der Waals surface area (Å²) < 4.78 is 34.9. The van der Waals surface area contributed by atoms with Crippen LogP contribution in [0.4, 0.5) is 0 Å². The zero-order valence-corrected chi connectivity index (χ0v) is 21.4. The molecule has 0 spiro atoms. The average molecular weight is 477 g/mol. The first-order valence-corrected chi connectivity index (χ1v) is 13.8. The summed E-state index contributed by atoms with van der Waals surface area (Å²) in [6.07, 6.45) is 6.85. The molecule has 184 valence electrons. The van der Waals surface area contributed by atoms with Gasteiger partial charge < -0.3 is 14.7 Å². The first-order valence-electron chi connectivity index (χ1n) is 12.4. The molecular weight excluding hydrogens is 436 g/mol. The smallest absolute Gasteiger partial charge is 0.247 e. The summed E-state index contributed by atoms with van der Waals surface area (Å²) in [4.78, 5) is 2.38. The fourth-order valence-corrected chi connectivity index (χ4v) is 6.64. The second-order valence-electron chi connectivity index (χ2n) is 9.82. The molecule has 1 saturated carbocycles. The fraction of sp³-hybridized carbons (Fsp3) is 0.692. The van der Waals surface area contributed by atoms with Crippen LogP contribution in [0.25, 0.3) is 0 Å². The number of benzene rings is 1. The van der Waals surface area contributed by atoms with Crippen molar-refractivity contribution in [3.05, 3.63) is 23.8 Å². The number of nitrogens with zero attached hydrogens (tertiary/aromatic N) is 2. The van der Waals surface area contributed by atoms with Crippen LogP contribution in [-0.2, 0) is 10.0 Å². The first kappa shape index (κ1) is 26.0. The van der Waals surface area contributed by atoms with E-state index in [1.165, 1.54) is 30.0 Å². The van der Waals surface area contributed by atoms with Crippen LogP contribution in [0.1, 0.15) is 64.9 Å². The summed E-state index contributed by atoms with van der Waals surface area (Å²) in [5, 5.41) is 9.76. The Kier molecular flexibility index (Phi) is 9.23. The molecule has 0 saturated heterocycles. The Morgan fingerprint density at radius 2 is 2.03 bits per heavy atom. The second kappa shape index (κ2) is 11.7. The van der Waals surface area contributed by atoms with Crippen LogP contribution in [0.2, 0.25) is 0 Å². The number of likely N-dealkylation sites (N-methyl/N-ethyl adjacent to an activating group) is 1. The lowest BCUT2D eigenvalue weighted by Crippen LogP contribution is -2.49. The summed E-state index contributed by atoms with van der Waals surface area (Å²) >= 11 is 0. The Labute approximate surface area is 200 Å². The summed E-state index contributed by atoms with van der Waals surface area (Å²) in [7, 11) is -1.75. The molecule has 1 N–H and O–H groups in total. The molecular formula is C26H40N2O4S. The molecule has 0 radical (unpaired) electrons. The minimum absolute atomic E-state index is 0.0432. The number of rotatable bonds is 7. The lowest BCUT2D eigenvalue weighted by Gasteiger charge is -2.37. The predicted molar refractivity (Wildman–Crippen MR) is 132 cm³/mol. The van der Waals surface area contributed by atoms with Gasteiger partial charge in [0.25, 0.3) is 0 Å². The number of hydrogen-bond donors (Lipinski definition) is 1. The number of sulfonamides is 1. The molecule has 3 atom stereocenters. The van der Waals surface area contributed by atoms with Crippen molar-refractivity contribution in [2.75, 3.05) is 33.3 Å². The largest absolute Gasteiger partial charge is 0.487 e. The summed E-state index contributed by atoms with van der Waals surface area (Å²) in [5.41, 5.74) is 0.776. The topological polar surface area (TPSA) is 70.1 Å². The fourth-order valence-electron chi connectivity index (χ4n) is 4.81. The van der Waals surface area contributed by atoms with Gasteiger partial charge in [-0.05, 0) is 63.9 Å². The van der Waals surface area contributed by atoms with Crippen molar-refractivity contribution in [2.45, 2.75) is 76.3 Å². The molecule has 0 amide bonds. The molecule has 1 aliphatic carbocycles. The van der Waals surface area contributed by atoms with E-state index in [0.717, 1.165) is 24.9 Å². The van der Waals surface area contributed by atoms with Gasteiger partial charge in [0.1, 0.15) is 16.7 Å². The van der Waals surface area contributed by atoms with Crippen molar-refractivity contribution in [2.24, 2.45) is 11.8 Å². The third-order valence-corrected chi connectivity index (χ3v) is 8.88. The molecule has 7 heteroatoms. The van der Waals surface area contributed by atoms with Crippen molar-refractivity contribution in [3.8, 4) is 17.6 Å². The molecule has 1 aromatic carbocycles. The van der Waals surface area contributed by atoms with Crippen LogP contribution in [0.3, 0.4) is 0 Å². The monoisotopic (exact) mass is 476 g/mol. The van der Waals surface area contributed by atoms with Crippen LogP contribution < -0.4 is 4.74 Å². The van der Waals surface area contributed by atoms with Crippen LogP contribution in [0.5, 0.6) is 5.75 Å². The van der Waals surface area contributed by atoms with E-state index in [4.69, 9.17) is 4.74 Å². The van der Waals surface area contributed by atoms with E-state index in [9.17, 15) is 13.5 Å². The van der Waals surface area contributed by atoms with Crippen LogP contribution >= 0.6 is 0 Å². The predicted octanol–water partition coefficient (Wildman–Crippen LogP) is 3.73. The Hall–Kier alpha value is -1.59. The standard InChI is InChI=1S/C26H40N2O4S/c1-5-15-27(4)18-25-20(2)17-28(21(3)19-29)33(30,31)26-14-13-23(16-24(26)32-25)12-8-11-22-9-6-7-10-22/h13-14,16,20-22,25,29H,5-7,9-11,15,17-19H2,1-4H3/t20-,21-,25-/m0/s1. The highest BCUT2D eigenvalue weighted by Gasteiger charge is 2.38. The molecule has 1 aromatic rings. The van der Waals surface area contributed by atoms with Crippen molar-refractivity contribution in [1.82, 2.24) is 9.21 Å². The molecule has 33 heavy (non-hydrogen) atoms. The van der Waals surface area contributed by atoms with Crippen molar-refractivity contribution >= 4 is 10.0 Å². The quantitative estimate of drug-likeness (QED) is 0.608. The maximum absolute atomic E-state index is 13.5. The van der Waals surface area contributed by atoms with Crippen LogP contribution in [0.15, 0.2) is 23.1 Å². The minimum Gasteiger partial charge on any atom is -0.487 e.